The molecule has 0 aliphatic carbocycles. The summed E-state index contributed by atoms with van der Waals surface area (Å²) in [6.45, 7) is 109. The van der Waals surface area contributed by atoms with Gasteiger partial charge in [-0.05, 0) is 339 Å². The van der Waals surface area contributed by atoms with Crippen molar-refractivity contribution < 1.29 is 112 Å². The van der Waals surface area contributed by atoms with Gasteiger partial charge < -0.3 is 112 Å². The molecule has 0 heterocycles. The summed E-state index contributed by atoms with van der Waals surface area (Å²) in [5, 5.41) is 0. The van der Waals surface area contributed by atoms with E-state index in [4.69, 9.17) is 112 Å². The zero-order chi connectivity index (χ0) is 88.9. The third-order valence-corrected chi connectivity index (χ3v) is 115. The molecule has 0 aromatic carbocycles. The molecule has 0 amide bonds. The second-order valence-electron chi connectivity index (χ2n) is 40.2. The lowest BCUT2D eigenvalue weighted by Crippen LogP contribution is -2.63. The van der Waals surface area contributed by atoms with Gasteiger partial charge in [0.1, 0.15) is 0 Å². The van der Waals surface area contributed by atoms with Gasteiger partial charge in [0, 0.05) is 14.2 Å². The number of rotatable bonds is 56. The van der Waals surface area contributed by atoms with Crippen molar-refractivity contribution in [1.29, 1.82) is 0 Å². The third kappa shape index (κ3) is 50.9. The van der Waals surface area contributed by atoms with E-state index in [1.165, 1.54) is 6.42 Å². The fourth-order valence-corrected chi connectivity index (χ4v) is 149. The Bertz CT molecular complexity index is 2900. The lowest BCUT2D eigenvalue weighted by atomic mass is 10.4. The molecule has 0 spiro atoms. The molecule has 0 saturated carbocycles. The van der Waals surface area contributed by atoms with Gasteiger partial charge in [-0.25, -0.2) is 0 Å². The van der Waals surface area contributed by atoms with Gasteiger partial charge in [-0.15, -0.1) is 0 Å². The summed E-state index contributed by atoms with van der Waals surface area (Å²) < 4.78 is 184. The Labute approximate surface area is 707 Å². The maximum absolute atomic E-state index is 7.01. The maximum atomic E-state index is 7.01. The molecule has 111 heavy (non-hydrogen) atoms. The van der Waals surface area contributed by atoms with Gasteiger partial charge in [0.2, 0.25) is 0 Å². The van der Waals surface area contributed by atoms with E-state index in [0.29, 0.717) is 0 Å². The maximum Gasteiger partial charge on any atom is 0.519 e. The van der Waals surface area contributed by atoms with Crippen molar-refractivity contribution in [3.05, 3.63) is 12.3 Å². The summed E-state index contributed by atoms with van der Waals surface area (Å²) in [6.07, 6.45) is 2.32. The van der Waals surface area contributed by atoms with E-state index in [2.05, 4.69) is 210 Å². The minimum atomic E-state index is -3.10. The zero-order valence-electron chi connectivity index (χ0n) is 80.4. The average Bonchev–Trinajstić information content (AvgIpc) is 0.802. The Morgan fingerprint density at radius 2 is 0.270 bits per heavy atom. The number of hydrogen-bond acceptors (Lipinski definition) is 27. The van der Waals surface area contributed by atoms with E-state index in [0.717, 1.165) is 12.5 Å². The molecule has 0 aliphatic rings. The van der Waals surface area contributed by atoms with E-state index in [-0.39, 0.29) is 0 Å². The van der Waals surface area contributed by atoms with Gasteiger partial charge in [-0.3, -0.25) is 0 Å². The lowest BCUT2D eigenvalue weighted by molar-refractivity contribution is 0.157. The molecule has 0 bridgehead atoms. The van der Waals surface area contributed by atoms with Crippen LogP contribution in [0.3, 0.4) is 0 Å². The molecule has 0 aromatic heterocycles. The molecule has 0 aromatic rings. The van der Waals surface area contributed by atoms with Crippen LogP contribution < -0.4 is 0 Å². The summed E-state index contributed by atoms with van der Waals surface area (Å²) in [5.74, 6) is 0. The summed E-state index contributed by atoms with van der Waals surface area (Å²) in [7, 11) is -70.3. The predicted molar refractivity (Wildman–Crippen MR) is 514 cm³/mol. The van der Waals surface area contributed by atoms with Gasteiger partial charge in [0.15, 0.2) is 8.32 Å². The molecule has 666 valence electrons. The van der Waals surface area contributed by atoms with Gasteiger partial charge in [0.25, 0.3) is 0 Å². The van der Waals surface area contributed by atoms with E-state index in [1.54, 1.807) is 19.9 Å². The molecule has 0 atom stereocenters. The summed E-state index contributed by atoms with van der Waals surface area (Å²) in [4.78, 5) is 0. The first kappa shape index (κ1) is 115. The minimum absolute atomic E-state index is 1.12. The molecule has 0 N–H and O–H groups in total. The molecule has 0 unspecified atom stereocenters. The first-order valence-corrected chi connectivity index (χ1v) is 112. The first-order valence-electron chi connectivity index (χ1n) is 39.2. The first-order chi connectivity index (χ1) is 47.9. The molecule has 0 fully saturated rings. The minimum Gasteiger partial charge on any atom is -0.436 e. The fourth-order valence-electron chi connectivity index (χ4n) is 16.2. The van der Waals surface area contributed by atoms with Crippen LogP contribution in [0.25, 0.3) is 0 Å². The SMILES string of the molecule is C=C[Si](OC)(OC)O[Si](C)(C)O[Si](C)(C)O[Si](C)(C)O[Si](C)(C)O[Si](C)(C)O[Si](C)(C)O[Si](C)(C)O[Si](C)(C)O[Si](C)(C)O[Si](C)(C)O[Si](C)(C)O[Si](C)(C)O[Si](C)(C)O[Si](C)(C)O[Si](C)(C)O[Si](C)(C)O[Si](C)(C)O[Si](C)(C)O[Si](C)(C)O[Si](C)(C)O[Si](C)(C)O[Si](C)(C)O[Si](C)(C)O[Si](C)(C)O[Si](C)(C)CCCC. The molecule has 0 radical (unpaired) electrons. The van der Waals surface area contributed by atoms with Crippen LogP contribution in [0.15, 0.2) is 12.3 Å². The molecular formula is C58H168O27Si26. The Hall–Kier alpha value is 4.30. The van der Waals surface area contributed by atoms with Gasteiger partial charge in [0.05, 0.1) is 0 Å². The third-order valence-electron chi connectivity index (χ3n) is 14.2. The molecule has 0 rings (SSSR count). The standard InChI is InChI=1S/C58H168O27Si26/c1-55-57-58-86(5,6)61-87(7,8)62-88(9,10)63-89(11,12)64-90(13,14)65-91(15,16)66-92(17,18)67-93(19,20)68-94(21,22)69-95(23,24)70-96(25,26)71-97(27,28)72-98(29,30)73-99(31,32)74-100(33,34)75-101(35,36)76-102(37,38)77-103(39,40)78-104(41,42)79-105(43,44)80-106(45,46)81-107(47,48)82-108(49,50)83-109(51,52)84-110(53,54)85-111(56-2,59-3)60-4/h56H,2,55,57-58H2,1,3-54H3. The monoisotopic (exact) mass is 2020 g/mol. The smallest absolute Gasteiger partial charge is 0.436 e. The topological polar surface area (TPSA) is 249 Å². The fraction of sp³-hybridized carbons (Fsp3) is 0.966. The quantitative estimate of drug-likeness (QED) is 0.0513. The predicted octanol–water partition coefficient (Wildman–Crippen LogP) is 20.2. The highest BCUT2D eigenvalue weighted by Gasteiger charge is 2.57. The van der Waals surface area contributed by atoms with Gasteiger partial charge >= 0.3 is 214 Å². The van der Waals surface area contributed by atoms with E-state index < -0.39 is 223 Å². The highest BCUT2D eigenvalue weighted by atomic mass is 28.6. The van der Waals surface area contributed by atoms with Crippen LogP contribution >= 0.6 is 0 Å². The molecule has 27 nitrogen and oxygen atoms in total. The Morgan fingerprint density at radius 1 is 0.171 bits per heavy atom. The van der Waals surface area contributed by atoms with E-state index in [9.17, 15) is 0 Å². The summed E-state index contributed by atoms with van der Waals surface area (Å²) in [6, 6.07) is 1.12. The molecular weight excluding hydrogens is 1860 g/mol. The summed E-state index contributed by atoms with van der Waals surface area (Å²) >= 11 is 0. The lowest BCUT2D eigenvalue weighted by Gasteiger charge is -2.45. The van der Waals surface area contributed by atoms with Crippen molar-refractivity contribution in [2.24, 2.45) is 0 Å². The van der Waals surface area contributed by atoms with Gasteiger partial charge in [-0.2, -0.15) is 0 Å². The van der Waals surface area contributed by atoms with E-state index in [1.807, 2.05) is 131 Å². The van der Waals surface area contributed by atoms with E-state index >= 15 is 0 Å². The highest BCUT2D eigenvalue weighted by molar-refractivity contribution is 6.98. The van der Waals surface area contributed by atoms with Crippen LogP contribution in [0.2, 0.25) is 333 Å². The van der Waals surface area contributed by atoms with Crippen LogP contribution in [0.1, 0.15) is 19.8 Å². The van der Waals surface area contributed by atoms with Crippen LogP contribution in [-0.2, 0) is 112 Å². The Morgan fingerprint density at radius 3 is 0.360 bits per heavy atom. The number of unbranched alkanes of at least 4 members (excludes halogenated alkanes) is 1. The highest BCUT2D eigenvalue weighted by Crippen LogP contribution is 2.37. The Kier molecular flexibility index (Phi) is 41.6. The van der Waals surface area contributed by atoms with Gasteiger partial charge in [-0.1, -0.05) is 26.3 Å². The van der Waals surface area contributed by atoms with Crippen molar-refractivity contribution in [3.8, 4) is 0 Å². The Balaban J connectivity index is 5.94. The van der Waals surface area contributed by atoms with Crippen LogP contribution in [0.5, 0.6) is 0 Å². The molecule has 53 heteroatoms. The molecule has 0 aliphatic heterocycles. The largest absolute Gasteiger partial charge is 0.519 e. The van der Waals surface area contributed by atoms with Crippen molar-refractivity contribution in [2.45, 2.75) is 353 Å². The van der Waals surface area contributed by atoms with Crippen LogP contribution in [0, 0.1) is 0 Å². The zero-order valence-corrected chi connectivity index (χ0v) is 106. The van der Waals surface area contributed by atoms with Crippen molar-refractivity contribution in [2.75, 3.05) is 14.2 Å². The summed E-state index contributed by atoms with van der Waals surface area (Å²) in [5.41, 5.74) is 1.61. The van der Waals surface area contributed by atoms with Crippen LogP contribution in [0.4, 0.5) is 0 Å². The van der Waals surface area contributed by atoms with Crippen molar-refractivity contribution >= 4 is 223 Å². The average molecular weight is 2030 g/mol. The number of hydrogen-bond donors (Lipinski definition) is 0. The normalized spacial score (nSPS) is 16.0. The van der Waals surface area contributed by atoms with Crippen LogP contribution in [-0.4, -0.2) is 237 Å². The second kappa shape index (κ2) is 40.1. The van der Waals surface area contributed by atoms with Crippen molar-refractivity contribution in [3.63, 3.8) is 0 Å². The molecule has 0 saturated heterocycles. The van der Waals surface area contributed by atoms with Crippen molar-refractivity contribution in [1.82, 2.24) is 0 Å². The second-order valence-corrected chi connectivity index (χ2v) is 134.